The van der Waals surface area contributed by atoms with Gasteiger partial charge in [-0.05, 0) is 56.1 Å². The lowest BCUT2D eigenvalue weighted by Gasteiger charge is -2.28. The highest BCUT2D eigenvalue weighted by atomic mass is 35.5. The standard InChI is InChI=1S/C17H20Cl2N2O2/c1-9(12-8-10-5-6-11(12)7-10)20-16(22)17(23)21-15-13(18)3-2-4-14(15)19/h2-4,9-12H,5-8H2,1H3,(H,20,22)(H,21,23). The molecule has 2 N–H and O–H groups in total. The van der Waals surface area contributed by atoms with E-state index in [1.54, 1.807) is 18.2 Å². The van der Waals surface area contributed by atoms with Crippen molar-refractivity contribution >= 4 is 40.7 Å². The van der Waals surface area contributed by atoms with Crippen molar-refractivity contribution in [1.29, 1.82) is 0 Å². The molecule has 124 valence electrons. The topological polar surface area (TPSA) is 58.2 Å². The average Bonchev–Trinajstić information content (AvgIpc) is 3.13. The maximum atomic E-state index is 12.1. The van der Waals surface area contributed by atoms with Crippen LogP contribution >= 0.6 is 23.2 Å². The van der Waals surface area contributed by atoms with Crippen molar-refractivity contribution in [3.63, 3.8) is 0 Å². The minimum Gasteiger partial charge on any atom is -0.345 e. The van der Waals surface area contributed by atoms with E-state index >= 15 is 0 Å². The van der Waals surface area contributed by atoms with Gasteiger partial charge in [-0.2, -0.15) is 0 Å². The van der Waals surface area contributed by atoms with E-state index in [0.29, 0.717) is 21.9 Å². The van der Waals surface area contributed by atoms with E-state index in [9.17, 15) is 9.59 Å². The first-order valence-electron chi connectivity index (χ1n) is 8.01. The molecule has 0 saturated heterocycles. The van der Waals surface area contributed by atoms with Crippen molar-refractivity contribution in [3.05, 3.63) is 28.2 Å². The van der Waals surface area contributed by atoms with Crippen LogP contribution in [0, 0.1) is 17.8 Å². The molecular formula is C17H20Cl2N2O2. The number of hydrogen-bond acceptors (Lipinski definition) is 2. The Morgan fingerprint density at radius 1 is 1.13 bits per heavy atom. The van der Waals surface area contributed by atoms with Gasteiger partial charge in [-0.3, -0.25) is 9.59 Å². The van der Waals surface area contributed by atoms with Crippen LogP contribution in [-0.2, 0) is 9.59 Å². The number of fused-ring (bicyclic) bond motifs is 2. The molecule has 2 aliphatic rings. The molecule has 4 atom stereocenters. The van der Waals surface area contributed by atoms with Crippen molar-refractivity contribution in [2.45, 2.75) is 38.6 Å². The zero-order chi connectivity index (χ0) is 16.6. The lowest BCUT2D eigenvalue weighted by atomic mass is 9.84. The van der Waals surface area contributed by atoms with Gasteiger partial charge in [0.05, 0.1) is 15.7 Å². The van der Waals surface area contributed by atoms with Crippen LogP contribution in [0.2, 0.25) is 10.0 Å². The second-order valence-corrected chi connectivity index (χ2v) is 7.47. The molecule has 3 rings (SSSR count). The quantitative estimate of drug-likeness (QED) is 0.809. The molecule has 2 saturated carbocycles. The van der Waals surface area contributed by atoms with Gasteiger partial charge in [0.1, 0.15) is 0 Å². The monoisotopic (exact) mass is 354 g/mol. The Morgan fingerprint density at radius 3 is 2.39 bits per heavy atom. The van der Waals surface area contributed by atoms with Crippen molar-refractivity contribution in [1.82, 2.24) is 5.32 Å². The third-order valence-electron chi connectivity index (χ3n) is 5.20. The van der Waals surface area contributed by atoms with E-state index in [1.807, 2.05) is 6.92 Å². The first kappa shape index (κ1) is 16.6. The number of carbonyl (C=O) groups excluding carboxylic acids is 2. The lowest BCUT2D eigenvalue weighted by molar-refractivity contribution is -0.136. The summed E-state index contributed by atoms with van der Waals surface area (Å²) in [6.45, 7) is 1.99. The number of benzene rings is 1. The van der Waals surface area contributed by atoms with Gasteiger partial charge >= 0.3 is 11.8 Å². The largest absolute Gasteiger partial charge is 0.345 e. The van der Waals surface area contributed by atoms with Gasteiger partial charge in [-0.1, -0.05) is 35.7 Å². The van der Waals surface area contributed by atoms with Gasteiger partial charge in [0, 0.05) is 6.04 Å². The fourth-order valence-corrected chi connectivity index (χ4v) is 4.57. The second kappa shape index (κ2) is 6.70. The highest BCUT2D eigenvalue weighted by Gasteiger charge is 2.42. The van der Waals surface area contributed by atoms with Gasteiger partial charge in [0.15, 0.2) is 0 Å². The third kappa shape index (κ3) is 3.48. The van der Waals surface area contributed by atoms with Gasteiger partial charge in [0.2, 0.25) is 0 Å². The number of anilines is 1. The summed E-state index contributed by atoms with van der Waals surface area (Å²) in [7, 11) is 0. The van der Waals surface area contributed by atoms with E-state index in [0.717, 1.165) is 12.3 Å². The van der Waals surface area contributed by atoms with E-state index < -0.39 is 11.8 Å². The lowest BCUT2D eigenvalue weighted by Crippen LogP contribution is -2.45. The molecular weight excluding hydrogens is 335 g/mol. The number of halogens is 2. The third-order valence-corrected chi connectivity index (χ3v) is 5.83. The molecule has 2 bridgehead atoms. The van der Waals surface area contributed by atoms with E-state index in [4.69, 9.17) is 23.2 Å². The van der Waals surface area contributed by atoms with Gasteiger partial charge in [-0.25, -0.2) is 0 Å². The number of amides is 2. The number of para-hydroxylation sites is 1. The fraction of sp³-hybridized carbons (Fsp3) is 0.529. The zero-order valence-corrected chi connectivity index (χ0v) is 14.5. The molecule has 2 amide bonds. The maximum Gasteiger partial charge on any atom is 0.313 e. The van der Waals surface area contributed by atoms with E-state index in [1.165, 1.54) is 19.3 Å². The summed E-state index contributed by atoms with van der Waals surface area (Å²) in [4.78, 5) is 24.2. The summed E-state index contributed by atoms with van der Waals surface area (Å²) in [5.41, 5.74) is 0.267. The fourth-order valence-electron chi connectivity index (χ4n) is 4.07. The average molecular weight is 355 g/mol. The minimum atomic E-state index is -0.741. The Balaban J connectivity index is 1.58. The Bertz CT molecular complexity index is 615. The van der Waals surface area contributed by atoms with Crippen molar-refractivity contribution < 1.29 is 9.59 Å². The summed E-state index contributed by atoms with van der Waals surface area (Å²) < 4.78 is 0. The number of hydrogen-bond donors (Lipinski definition) is 2. The molecule has 4 unspecified atom stereocenters. The van der Waals surface area contributed by atoms with Crippen LogP contribution in [0.5, 0.6) is 0 Å². The summed E-state index contributed by atoms with van der Waals surface area (Å²) in [6, 6.07) is 4.90. The van der Waals surface area contributed by atoms with E-state index in [-0.39, 0.29) is 11.7 Å². The van der Waals surface area contributed by atoms with Crippen LogP contribution in [0.15, 0.2) is 18.2 Å². The molecule has 0 radical (unpaired) electrons. The summed E-state index contributed by atoms with van der Waals surface area (Å²) >= 11 is 12.0. The molecule has 23 heavy (non-hydrogen) atoms. The Labute approximate surface area is 145 Å². The van der Waals surface area contributed by atoms with Crippen LogP contribution in [0.4, 0.5) is 5.69 Å². The number of rotatable bonds is 3. The van der Waals surface area contributed by atoms with Crippen LogP contribution < -0.4 is 10.6 Å². The number of nitrogens with one attached hydrogen (secondary N) is 2. The number of carbonyl (C=O) groups is 2. The smallest absolute Gasteiger partial charge is 0.313 e. The van der Waals surface area contributed by atoms with Crippen LogP contribution in [0.3, 0.4) is 0 Å². The van der Waals surface area contributed by atoms with Crippen LogP contribution in [0.1, 0.15) is 32.6 Å². The second-order valence-electron chi connectivity index (χ2n) is 6.65. The SMILES string of the molecule is CC(NC(=O)C(=O)Nc1c(Cl)cccc1Cl)C1CC2CCC1C2. The first-order valence-corrected chi connectivity index (χ1v) is 8.77. The highest BCUT2D eigenvalue weighted by molar-refractivity contribution is 6.44. The van der Waals surface area contributed by atoms with Gasteiger partial charge in [0.25, 0.3) is 0 Å². The highest BCUT2D eigenvalue weighted by Crippen LogP contribution is 2.49. The molecule has 0 spiro atoms. The van der Waals surface area contributed by atoms with E-state index in [2.05, 4.69) is 10.6 Å². The molecule has 4 nitrogen and oxygen atoms in total. The molecule has 0 aliphatic heterocycles. The minimum absolute atomic E-state index is 0.00488. The predicted octanol–water partition coefficient (Wildman–Crippen LogP) is 3.87. The molecule has 2 aliphatic carbocycles. The molecule has 1 aromatic carbocycles. The Kier molecular flexibility index (Phi) is 4.83. The Hall–Kier alpha value is -1.26. The zero-order valence-electron chi connectivity index (χ0n) is 12.9. The summed E-state index contributed by atoms with van der Waals surface area (Å²) in [5, 5.41) is 5.93. The molecule has 6 heteroatoms. The van der Waals surface area contributed by atoms with Gasteiger partial charge < -0.3 is 10.6 Å². The molecule has 2 fully saturated rings. The summed E-state index contributed by atoms with van der Waals surface area (Å²) in [6.07, 6.45) is 4.99. The summed E-state index contributed by atoms with van der Waals surface area (Å²) in [5.74, 6) is 0.595. The molecule has 1 aromatic rings. The van der Waals surface area contributed by atoms with Crippen LogP contribution in [-0.4, -0.2) is 17.9 Å². The first-order chi connectivity index (χ1) is 11.0. The maximum absolute atomic E-state index is 12.1. The van der Waals surface area contributed by atoms with Crippen LogP contribution in [0.25, 0.3) is 0 Å². The Morgan fingerprint density at radius 2 is 1.83 bits per heavy atom. The molecule has 0 heterocycles. The normalized spacial score (nSPS) is 26.8. The van der Waals surface area contributed by atoms with Crippen molar-refractivity contribution in [2.75, 3.05) is 5.32 Å². The van der Waals surface area contributed by atoms with Crippen molar-refractivity contribution in [2.24, 2.45) is 17.8 Å². The van der Waals surface area contributed by atoms with Crippen molar-refractivity contribution in [3.8, 4) is 0 Å². The van der Waals surface area contributed by atoms with Gasteiger partial charge in [-0.15, -0.1) is 0 Å². The molecule has 0 aromatic heterocycles. The predicted molar refractivity (Wildman–Crippen MR) is 91.6 cm³/mol.